The van der Waals surface area contributed by atoms with Gasteiger partial charge in [0.15, 0.2) is 0 Å². The van der Waals surface area contributed by atoms with Crippen molar-refractivity contribution >= 4 is 15.9 Å². The fourth-order valence-electron chi connectivity index (χ4n) is 3.35. The van der Waals surface area contributed by atoms with E-state index in [1.54, 1.807) is 30.3 Å². The molecule has 2 rings (SSSR count). The molecule has 1 N–H and O–H groups in total. The van der Waals surface area contributed by atoms with Crippen LogP contribution >= 0.6 is 0 Å². The summed E-state index contributed by atoms with van der Waals surface area (Å²) in [6, 6.07) is 7.77. The third-order valence-corrected chi connectivity index (χ3v) is 6.87. The number of carbonyl (C=O) groups excluding carboxylic acids is 1. The van der Waals surface area contributed by atoms with Crippen LogP contribution in [0.2, 0.25) is 0 Å². The molecule has 0 bridgehead atoms. The Morgan fingerprint density at radius 2 is 1.88 bits per heavy atom. The largest absolute Gasteiger partial charge is 0.355 e. The molecule has 1 aliphatic heterocycles. The van der Waals surface area contributed by atoms with Gasteiger partial charge in [-0.15, -0.1) is 0 Å². The molecule has 1 aromatic rings. The van der Waals surface area contributed by atoms with Crippen molar-refractivity contribution in [3.05, 3.63) is 30.3 Å². The van der Waals surface area contributed by atoms with Crippen LogP contribution in [0.4, 0.5) is 0 Å². The van der Waals surface area contributed by atoms with E-state index in [9.17, 15) is 13.2 Å². The lowest BCUT2D eigenvalue weighted by Gasteiger charge is -2.33. The topological polar surface area (TPSA) is 69.7 Å². The highest BCUT2D eigenvalue weighted by Gasteiger charge is 2.37. The van der Waals surface area contributed by atoms with Crippen LogP contribution in [0.1, 0.15) is 39.5 Å². The van der Waals surface area contributed by atoms with E-state index in [-0.39, 0.29) is 10.8 Å². The van der Waals surface area contributed by atoms with Crippen LogP contribution in [0.3, 0.4) is 0 Å². The van der Waals surface area contributed by atoms with Gasteiger partial charge >= 0.3 is 0 Å². The Morgan fingerprint density at radius 3 is 2.54 bits per heavy atom. The third kappa shape index (κ3) is 5.28. The SMILES string of the molecule is CCN(CC)CCCNC(=O)C1CCCCN1S(=O)(=O)c1ccccc1. The van der Waals surface area contributed by atoms with Crippen molar-refractivity contribution in [2.24, 2.45) is 0 Å². The molecule has 0 aliphatic carbocycles. The summed E-state index contributed by atoms with van der Waals surface area (Å²) in [6.07, 6.45) is 3.11. The molecule has 0 saturated carbocycles. The zero-order chi connectivity index (χ0) is 19.0. The summed E-state index contributed by atoms with van der Waals surface area (Å²) >= 11 is 0. The maximum atomic E-state index is 12.9. The number of benzene rings is 1. The molecule has 1 aliphatic rings. The predicted octanol–water partition coefficient (Wildman–Crippen LogP) is 2.08. The van der Waals surface area contributed by atoms with Crippen molar-refractivity contribution in [1.82, 2.24) is 14.5 Å². The minimum absolute atomic E-state index is 0.177. The van der Waals surface area contributed by atoms with Crippen LogP contribution in [0, 0.1) is 0 Å². The Balaban J connectivity index is 1.98. The van der Waals surface area contributed by atoms with Crippen LogP contribution in [0.25, 0.3) is 0 Å². The molecule has 1 heterocycles. The minimum atomic E-state index is -3.64. The van der Waals surface area contributed by atoms with E-state index in [2.05, 4.69) is 24.1 Å². The van der Waals surface area contributed by atoms with Crippen LogP contribution < -0.4 is 5.32 Å². The van der Waals surface area contributed by atoms with Gasteiger partial charge in [0.1, 0.15) is 6.04 Å². The molecule has 1 atom stereocenters. The number of nitrogens with one attached hydrogen (secondary N) is 1. The van der Waals surface area contributed by atoms with Gasteiger partial charge in [-0.2, -0.15) is 4.31 Å². The van der Waals surface area contributed by atoms with Gasteiger partial charge < -0.3 is 10.2 Å². The Bertz CT molecular complexity index is 660. The van der Waals surface area contributed by atoms with E-state index in [0.29, 0.717) is 19.5 Å². The summed E-state index contributed by atoms with van der Waals surface area (Å²) in [7, 11) is -3.64. The molecule has 1 amide bonds. The molecule has 6 nitrogen and oxygen atoms in total. The monoisotopic (exact) mass is 381 g/mol. The van der Waals surface area contributed by atoms with Crippen LogP contribution in [0.5, 0.6) is 0 Å². The number of hydrogen-bond acceptors (Lipinski definition) is 4. The van der Waals surface area contributed by atoms with E-state index in [4.69, 9.17) is 0 Å². The van der Waals surface area contributed by atoms with Gasteiger partial charge in [-0.05, 0) is 51.0 Å². The second-order valence-electron chi connectivity index (χ2n) is 6.61. The molecule has 1 saturated heterocycles. The second-order valence-corrected chi connectivity index (χ2v) is 8.50. The highest BCUT2D eigenvalue weighted by Crippen LogP contribution is 2.25. The van der Waals surface area contributed by atoms with Gasteiger partial charge in [0.25, 0.3) is 0 Å². The zero-order valence-corrected chi connectivity index (χ0v) is 16.7. The Labute approximate surface area is 157 Å². The number of sulfonamides is 1. The first-order chi connectivity index (χ1) is 12.5. The maximum absolute atomic E-state index is 12.9. The third-order valence-electron chi connectivity index (χ3n) is 4.95. The van der Waals surface area contributed by atoms with Crippen molar-refractivity contribution in [3.8, 4) is 0 Å². The maximum Gasteiger partial charge on any atom is 0.243 e. The van der Waals surface area contributed by atoms with Gasteiger partial charge in [0.2, 0.25) is 15.9 Å². The average molecular weight is 382 g/mol. The number of rotatable bonds is 9. The molecule has 0 radical (unpaired) electrons. The molecule has 0 aromatic heterocycles. The molecule has 7 heteroatoms. The van der Waals surface area contributed by atoms with Crippen molar-refractivity contribution in [3.63, 3.8) is 0 Å². The van der Waals surface area contributed by atoms with Gasteiger partial charge in [-0.1, -0.05) is 38.5 Å². The summed E-state index contributed by atoms with van der Waals surface area (Å²) in [5.41, 5.74) is 0. The van der Waals surface area contributed by atoms with Crippen molar-refractivity contribution < 1.29 is 13.2 Å². The Hall–Kier alpha value is -1.44. The average Bonchev–Trinajstić information content (AvgIpc) is 2.68. The lowest BCUT2D eigenvalue weighted by molar-refractivity contribution is -0.125. The van der Waals surface area contributed by atoms with E-state index in [1.165, 1.54) is 4.31 Å². The van der Waals surface area contributed by atoms with Crippen LogP contribution in [0.15, 0.2) is 35.2 Å². The summed E-state index contributed by atoms with van der Waals surface area (Å²) < 4.78 is 27.3. The van der Waals surface area contributed by atoms with Crippen molar-refractivity contribution in [1.29, 1.82) is 0 Å². The molecular weight excluding hydrogens is 350 g/mol. The van der Waals surface area contributed by atoms with Crippen molar-refractivity contribution in [2.75, 3.05) is 32.7 Å². The first kappa shape index (κ1) is 20.9. The molecular formula is C19H31N3O3S. The fraction of sp³-hybridized carbons (Fsp3) is 0.632. The summed E-state index contributed by atoms with van der Waals surface area (Å²) in [6.45, 7) is 8.14. The Morgan fingerprint density at radius 1 is 1.19 bits per heavy atom. The fourth-order valence-corrected chi connectivity index (χ4v) is 5.03. The first-order valence-electron chi connectivity index (χ1n) is 9.57. The number of amides is 1. The first-order valence-corrected chi connectivity index (χ1v) is 11.0. The van der Waals surface area contributed by atoms with Crippen LogP contribution in [-0.4, -0.2) is 62.3 Å². The zero-order valence-electron chi connectivity index (χ0n) is 15.9. The van der Waals surface area contributed by atoms with Gasteiger partial charge in [-0.25, -0.2) is 8.42 Å². The summed E-state index contributed by atoms with van der Waals surface area (Å²) in [5.74, 6) is -0.177. The minimum Gasteiger partial charge on any atom is -0.355 e. The summed E-state index contributed by atoms with van der Waals surface area (Å²) in [5, 5.41) is 2.94. The molecule has 1 aromatic carbocycles. The lowest BCUT2D eigenvalue weighted by atomic mass is 10.0. The van der Waals surface area contributed by atoms with E-state index in [0.717, 1.165) is 38.9 Å². The number of carbonyl (C=O) groups is 1. The van der Waals surface area contributed by atoms with Crippen LogP contribution in [-0.2, 0) is 14.8 Å². The molecule has 26 heavy (non-hydrogen) atoms. The molecule has 1 unspecified atom stereocenters. The number of hydrogen-bond donors (Lipinski definition) is 1. The van der Waals surface area contributed by atoms with E-state index in [1.807, 2.05) is 0 Å². The highest BCUT2D eigenvalue weighted by molar-refractivity contribution is 7.89. The number of nitrogens with zero attached hydrogens (tertiary/aromatic N) is 2. The smallest absolute Gasteiger partial charge is 0.243 e. The molecule has 146 valence electrons. The van der Waals surface area contributed by atoms with Crippen molar-refractivity contribution in [2.45, 2.75) is 50.5 Å². The quantitative estimate of drug-likeness (QED) is 0.665. The normalized spacial score (nSPS) is 18.8. The molecule has 0 spiro atoms. The molecule has 1 fully saturated rings. The van der Waals surface area contributed by atoms with E-state index < -0.39 is 16.1 Å². The lowest BCUT2D eigenvalue weighted by Crippen LogP contribution is -2.52. The van der Waals surface area contributed by atoms with Gasteiger partial charge in [-0.3, -0.25) is 4.79 Å². The predicted molar refractivity (Wildman–Crippen MR) is 103 cm³/mol. The summed E-state index contributed by atoms with van der Waals surface area (Å²) in [4.78, 5) is 15.2. The van der Waals surface area contributed by atoms with Gasteiger partial charge in [0, 0.05) is 13.1 Å². The van der Waals surface area contributed by atoms with E-state index >= 15 is 0 Å². The second kappa shape index (κ2) is 10.0. The standard InChI is InChI=1S/C19H31N3O3S/c1-3-21(4-2)15-10-14-20-19(23)18-13-8-9-16-22(18)26(24,25)17-11-6-5-7-12-17/h5-7,11-12,18H,3-4,8-10,13-16H2,1-2H3,(H,20,23). The number of piperidine rings is 1. The highest BCUT2D eigenvalue weighted by atomic mass is 32.2. The van der Waals surface area contributed by atoms with Gasteiger partial charge in [0.05, 0.1) is 4.90 Å². The Kier molecular flexibility index (Phi) is 8.06.